The average Bonchev–Trinajstić information content (AvgIpc) is 3.01. The number of carbonyl (C=O) groups excluding carboxylic acids is 3. The summed E-state index contributed by atoms with van der Waals surface area (Å²) in [5, 5.41) is 0. The van der Waals surface area contributed by atoms with Gasteiger partial charge in [0.25, 0.3) is 0 Å². The molecular weight excluding hydrogens is 576 g/mol. The molecule has 0 radical (unpaired) electrons. The number of ether oxygens (including phenoxy) is 3. The van der Waals surface area contributed by atoms with E-state index >= 15 is 0 Å². The van der Waals surface area contributed by atoms with E-state index in [-0.39, 0.29) is 31.1 Å². The molecule has 0 heterocycles. The summed E-state index contributed by atoms with van der Waals surface area (Å²) in [6.45, 7) is 11.2. The minimum atomic E-state index is -0.758. The monoisotopic (exact) mass is 653 g/mol. The Kier molecular flexibility index (Phi) is 32.2. The summed E-state index contributed by atoms with van der Waals surface area (Å²) in [7, 11) is 0. The number of hydrogen-bond donors (Lipinski definition) is 0. The standard InChI is InChI=1S/C40H76O6/c1-6-7-8-18-25-30-38(41)44-33-37(46-40(43)32-27-22-17-13-12-15-20-24-29-36(4)5)34-45-39(42)31-26-21-16-11-9-10-14-19-23-28-35(2)3/h35-37H,6-34H2,1-5H3/t37-/m0/s1. The molecule has 272 valence electrons. The maximum Gasteiger partial charge on any atom is 0.306 e. The largest absolute Gasteiger partial charge is 0.462 e. The van der Waals surface area contributed by atoms with Gasteiger partial charge >= 0.3 is 17.9 Å². The van der Waals surface area contributed by atoms with Gasteiger partial charge in [0.2, 0.25) is 0 Å². The molecule has 0 aliphatic carbocycles. The molecule has 0 saturated heterocycles. The van der Waals surface area contributed by atoms with E-state index < -0.39 is 6.10 Å². The summed E-state index contributed by atoms with van der Waals surface area (Å²) in [5.41, 5.74) is 0. The fraction of sp³-hybridized carbons (Fsp3) is 0.925. The van der Waals surface area contributed by atoms with E-state index in [4.69, 9.17) is 14.2 Å². The van der Waals surface area contributed by atoms with E-state index in [2.05, 4.69) is 34.6 Å². The van der Waals surface area contributed by atoms with Gasteiger partial charge in [-0.1, -0.05) is 169 Å². The molecule has 0 saturated carbocycles. The second-order valence-electron chi connectivity index (χ2n) is 14.5. The summed E-state index contributed by atoms with van der Waals surface area (Å²) in [5.74, 6) is 0.720. The second-order valence-corrected chi connectivity index (χ2v) is 14.5. The molecule has 46 heavy (non-hydrogen) atoms. The van der Waals surface area contributed by atoms with Gasteiger partial charge in [-0.2, -0.15) is 0 Å². The van der Waals surface area contributed by atoms with Crippen LogP contribution in [0.3, 0.4) is 0 Å². The molecule has 0 aliphatic heterocycles. The highest BCUT2D eigenvalue weighted by Gasteiger charge is 2.19. The lowest BCUT2D eigenvalue weighted by Crippen LogP contribution is -2.30. The highest BCUT2D eigenvalue weighted by atomic mass is 16.6. The van der Waals surface area contributed by atoms with Crippen molar-refractivity contribution in [2.24, 2.45) is 11.8 Å². The van der Waals surface area contributed by atoms with Gasteiger partial charge in [-0.25, -0.2) is 0 Å². The Hall–Kier alpha value is -1.59. The van der Waals surface area contributed by atoms with Crippen LogP contribution in [0, 0.1) is 11.8 Å². The van der Waals surface area contributed by atoms with Gasteiger partial charge in [-0.3, -0.25) is 14.4 Å². The van der Waals surface area contributed by atoms with Crippen molar-refractivity contribution in [3.05, 3.63) is 0 Å². The van der Waals surface area contributed by atoms with Crippen LogP contribution in [0.1, 0.15) is 208 Å². The van der Waals surface area contributed by atoms with Crippen LogP contribution in [0.2, 0.25) is 0 Å². The first-order chi connectivity index (χ1) is 22.2. The van der Waals surface area contributed by atoms with Crippen LogP contribution >= 0.6 is 0 Å². The first-order valence-corrected chi connectivity index (χ1v) is 19.7. The molecule has 6 heteroatoms. The van der Waals surface area contributed by atoms with Crippen LogP contribution in [-0.4, -0.2) is 37.2 Å². The van der Waals surface area contributed by atoms with Gasteiger partial charge in [0.15, 0.2) is 6.10 Å². The highest BCUT2D eigenvalue weighted by Crippen LogP contribution is 2.15. The Bertz CT molecular complexity index is 704. The number of carbonyl (C=O) groups is 3. The molecular formula is C40H76O6. The zero-order valence-electron chi connectivity index (χ0n) is 31.2. The van der Waals surface area contributed by atoms with Gasteiger partial charge in [0, 0.05) is 19.3 Å². The summed E-state index contributed by atoms with van der Waals surface area (Å²) in [4.78, 5) is 37.2. The summed E-state index contributed by atoms with van der Waals surface area (Å²) >= 11 is 0. The van der Waals surface area contributed by atoms with Crippen molar-refractivity contribution in [2.75, 3.05) is 13.2 Å². The highest BCUT2D eigenvalue weighted by molar-refractivity contribution is 5.71. The van der Waals surface area contributed by atoms with Gasteiger partial charge in [-0.05, 0) is 31.1 Å². The minimum absolute atomic E-state index is 0.0675. The smallest absolute Gasteiger partial charge is 0.306 e. The van der Waals surface area contributed by atoms with Gasteiger partial charge < -0.3 is 14.2 Å². The van der Waals surface area contributed by atoms with Crippen molar-refractivity contribution in [2.45, 2.75) is 214 Å². The maximum absolute atomic E-state index is 12.6. The lowest BCUT2D eigenvalue weighted by atomic mass is 10.0. The van der Waals surface area contributed by atoms with E-state index in [1.54, 1.807) is 0 Å². The van der Waals surface area contributed by atoms with Crippen LogP contribution in [0.15, 0.2) is 0 Å². The van der Waals surface area contributed by atoms with Crippen molar-refractivity contribution >= 4 is 17.9 Å². The number of hydrogen-bond acceptors (Lipinski definition) is 6. The fourth-order valence-electron chi connectivity index (χ4n) is 5.69. The van der Waals surface area contributed by atoms with E-state index in [1.165, 1.54) is 89.9 Å². The van der Waals surface area contributed by atoms with E-state index in [1.807, 2.05) is 0 Å². The van der Waals surface area contributed by atoms with Gasteiger partial charge in [0.1, 0.15) is 13.2 Å². The Morgan fingerprint density at radius 1 is 0.413 bits per heavy atom. The van der Waals surface area contributed by atoms with Crippen molar-refractivity contribution in [1.82, 2.24) is 0 Å². The molecule has 0 rings (SSSR count). The molecule has 0 unspecified atom stereocenters. The molecule has 1 atom stereocenters. The zero-order chi connectivity index (χ0) is 34.1. The number of rotatable bonds is 34. The van der Waals surface area contributed by atoms with Crippen molar-refractivity contribution in [3.8, 4) is 0 Å². The molecule has 0 aromatic rings. The molecule has 6 nitrogen and oxygen atoms in total. The maximum atomic E-state index is 12.6. The Balaban J connectivity index is 4.27. The molecule has 0 amide bonds. The van der Waals surface area contributed by atoms with Crippen LogP contribution < -0.4 is 0 Å². The van der Waals surface area contributed by atoms with E-state index in [9.17, 15) is 14.4 Å². The van der Waals surface area contributed by atoms with E-state index in [0.29, 0.717) is 19.3 Å². The first kappa shape index (κ1) is 44.4. The van der Waals surface area contributed by atoms with E-state index in [0.717, 1.165) is 76.0 Å². The van der Waals surface area contributed by atoms with Crippen LogP contribution in [0.5, 0.6) is 0 Å². The predicted octanol–water partition coefficient (Wildman–Crippen LogP) is 11.8. The van der Waals surface area contributed by atoms with Crippen LogP contribution in [0.4, 0.5) is 0 Å². The predicted molar refractivity (Wildman–Crippen MR) is 192 cm³/mol. The molecule has 0 aliphatic rings. The topological polar surface area (TPSA) is 78.9 Å². The third-order valence-corrected chi connectivity index (χ3v) is 8.72. The fourth-order valence-corrected chi connectivity index (χ4v) is 5.69. The molecule has 0 N–H and O–H groups in total. The lowest BCUT2D eigenvalue weighted by molar-refractivity contribution is -0.167. The molecule has 0 spiro atoms. The SMILES string of the molecule is CCCCCCCC(=O)OC[C@@H](COC(=O)CCCCCCCCCCCC(C)C)OC(=O)CCCCCCCCCCC(C)C. The minimum Gasteiger partial charge on any atom is -0.462 e. The third-order valence-electron chi connectivity index (χ3n) is 8.72. The summed E-state index contributed by atoms with van der Waals surface area (Å²) < 4.78 is 16.5. The molecule has 0 bridgehead atoms. The lowest BCUT2D eigenvalue weighted by Gasteiger charge is -2.18. The van der Waals surface area contributed by atoms with Crippen LogP contribution in [0.25, 0.3) is 0 Å². The summed E-state index contributed by atoms with van der Waals surface area (Å²) in [6, 6.07) is 0. The zero-order valence-corrected chi connectivity index (χ0v) is 31.2. The first-order valence-electron chi connectivity index (χ1n) is 19.7. The Morgan fingerprint density at radius 2 is 0.717 bits per heavy atom. The normalized spacial score (nSPS) is 12.1. The Morgan fingerprint density at radius 3 is 1.07 bits per heavy atom. The van der Waals surface area contributed by atoms with Crippen molar-refractivity contribution in [3.63, 3.8) is 0 Å². The van der Waals surface area contributed by atoms with Gasteiger partial charge in [0.05, 0.1) is 0 Å². The second kappa shape index (κ2) is 33.3. The molecule has 0 aromatic carbocycles. The Labute approximate surface area is 285 Å². The van der Waals surface area contributed by atoms with Crippen molar-refractivity contribution < 1.29 is 28.6 Å². The quantitative estimate of drug-likeness (QED) is 0.0391. The molecule has 0 aromatic heterocycles. The number of unbranched alkanes of at least 4 members (excludes halogenated alkanes) is 19. The van der Waals surface area contributed by atoms with Gasteiger partial charge in [-0.15, -0.1) is 0 Å². The van der Waals surface area contributed by atoms with Crippen LogP contribution in [-0.2, 0) is 28.6 Å². The van der Waals surface area contributed by atoms with Crippen molar-refractivity contribution in [1.29, 1.82) is 0 Å². The average molecular weight is 653 g/mol. The number of esters is 3. The third kappa shape index (κ3) is 33.8. The summed E-state index contributed by atoms with van der Waals surface area (Å²) in [6.07, 6.45) is 28.4. The molecule has 0 fully saturated rings.